The van der Waals surface area contributed by atoms with E-state index in [9.17, 15) is 0 Å². The molecule has 0 fully saturated rings. The van der Waals surface area contributed by atoms with Gasteiger partial charge in [0.15, 0.2) is 0 Å². The fraction of sp³-hybridized carbons (Fsp3) is 0.727. The molecule has 0 saturated carbocycles. The SMILES string of the molecule is CC1(C)CCc2c(noc2CCN)C1. The van der Waals surface area contributed by atoms with Crippen LogP contribution >= 0.6 is 0 Å². The van der Waals surface area contributed by atoms with Gasteiger partial charge in [-0.1, -0.05) is 19.0 Å². The molecule has 0 radical (unpaired) electrons. The normalized spacial score (nSPS) is 19.4. The highest BCUT2D eigenvalue weighted by atomic mass is 16.5. The van der Waals surface area contributed by atoms with Crippen molar-refractivity contribution in [3.05, 3.63) is 17.0 Å². The highest BCUT2D eigenvalue weighted by Gasteiger charge is 2.29. The van der Waals surface area contributed by atoms with Gasteiger partial charge in [0.25, 0.3) is 0 Å². The molecule has 14 heavy (non-hydrogen) atoms. The molecule has 1 aromatic rings. The predicted octanol–water partition coefficient (Wildman–Crippen LogP) is 1.69. The Kier molecular flexibility index (Phi) is 2.35. The van der Waals surface area contributed by atoms with Gasteiger partial charge in [-0.25, -0.2) is 0 Å². The van der Waals surface area contributed by atoms with Crippen molar-refractivity contribution in [1.29, 1.82) is 0 Å². The number of hydrogen-bond acceptors (Lipinski definition) is 3. The van der Waals surface area contributed by atoms with Crippen molar-refractivity contribution >= 4 is 0 Å². The van der Waals surface area contributed by atoms with Crippen molar-refractivity contribution in [1.82, 2.24) is 5.16 Å². The minimum absolute atomic E-state index is 0.379. The molecular formula is C11H18N2O. The molecule has 0 aliphatic heterocycles. The van der Waals surface area contributed by atoms with Crippen molar-refractivity contribution in [3.63, 3.8) is 0 Å². The first kappa shape index (κ1) is 9.71. The molecule has 78 valence electrons. The van der Waals surface area contributed by atoms with E-state index in [1.807, 2.05) is 0 Å². The van der Waals surface area contributed by atoms with E-state index in [4.69, 9.17) is 10.3 Å². The summed E-state index contributed by atoms with van der Waals surface area (Å²) in [5, 5.41) is 4.14. The zero-order valence-electron chi connectivity index (χ0n) is 8.97. The van der Waals surface area contributed by atoms with Crippen molar-refractivity contribution < 1.29 is 4.52 Å². The van der Waals surface area contributed by atoms with E-state index in [-0.39, 0.29) is 0 Å². The number of aromatic nitrogens is 1. The predicted molar refractivity (Wildman–Crippen MR) is 55.1 cm³/mol. The second-order valence-corrected chi connectivity index (χ2v) is 4.91. The third-order valence-corrected chi connectivity index (χ3v) is 3.02. The van der Waals surface area contributed by atoms with Crippen molar-refractivity contribution in [3.8, 4) is 0 Å². The van der Waals surface area contributed by atoms with Crippen LogP contribution in [0.4, 0.5) is 0 Å². The van der Waals surface area contributed by atoms with Crippen LogP contribution in [-0.4, -0.2) is 11.7 Å². The van der Waals surface area contributed by atoms with E-state index in [2.05, 4.69) is 19.0 Å². The lowest BCUT2D eigenvalue weighted by molar-refractivity contribution is 0.306. The van der Waals surface area contributed by atoms with E-state index in [1.165, 1.54) is 12.0 Å². The molecule has 0 bridgehead atoms. The van der Waals surface area contributed by atoms with Crippen LogP contribution < -0.4 is 5.73 Å². The Bertz CT molecular complexity index is 328. The molecule has 0 amide bonds. The molecule has 0 unspecified atom stereocenters. The van der Waals surface area contributed by atoms with Gasteiger partial charge in [0.2, 0.25) is 0 Å². The van der Waals surface area contributed by atoms with Crippen LogP contribution in [0.1, 0.15) is 37.3 Å². The topological polar surface area (TPSA) is 52.0 Å². The minimum Gasteiger partial charge on any atom is -0.361 e. The third-order valence-electron chi connectivity index (χ3n) is 3.02. The summed E-state index contributed by atoms with van der Waals surface area (Å²) in [5.74, 6) is 1.01. The summed E-state index contributed by atoms with van der Waals surface area (Å²) < 4.78 is 5.32. The first-order valence-corrected chi connectivity index (χ1v) is 5.29. The summed E-state index contributed by atoms with van der Waals surface area (Å²) in [4.78, 5) is 0. The summed E-state index contributed by atoms with van der Waals surface area (Å²) >= 11 is 0. The van der Waals surface area contributed by atoms with Gasteiger partial charge in [-0.05, 0) is 31.2 Å². The molecule has 3 nitrogen and oxygen atoms in total. The van der Waals surface area contributed by atoms with Crippen LogP contribution in [-0.2, 0) is 19.3 Å². The van der Waals surface area contributed by atoms with Crippen LogP contribution in [0.15, 0.2) is 4.52 Å². The van der Waals surface area contributed by atoms with Gasteiger partial charge in [0.1, 0.15) is 5.76 Å². The molecule has 2 rings (SSSR count). The van der Waals surface area contributed by atoms with Crippen LogP contribution in [0.5, 0.6) is 0 Å². The molecule has 3 heteroatoms. The van der Waals surface area contributed by atoms with Gasteiger partial charge in [-0.2, -0.15) is 0 Å². The molecule has 0 aromatic carbocycles. The molecule has 1 aliphatic rings. The Balaban J connectivity index is 2.25. The van der Waals surface area contributed by atoms with Crippen molar-refractivity contribution in [2.24, 2.45) is 11.1 Å². The van der Waals surface area contributed by atoms with Crippen molar-refractivity contribution in [2.75, 3.05) is 6.54 Å². The molecule has 1 aromatic heterocycles. The molecule has 1 heterocycles. The Hall–Kier alpha value is -0.830. The lowest BCUT2D eigenvalue weighted by Gasteiger charge is -2.28. The molecular weight excluding hydrogens is 176 g/mol. The zero-order valence-corrected chi connectivity index (χ0v) is 8.97. The minimum atomic E-state index is 0.379. The summed E-state index contributed by atoms with van der Waals surface area (Å²) in [5.41, 5.74) is 8.38. The largest absolute Gasteiger partial charge is 0.361 e. The fourth-order valence-corrected chi connectivity index (χ4v) is 2.14. The number of nitrogens with zero attached hydrogens (tertiary/aromatic N) is 1. The molecule has 0 spiro atoms. The van der Waals surface area contributed by atoms with E-state index in [1.54, 1.807) is 0 Å². The average Bonchev–Trinajstić information content (AvgIpc) is 2.47. The zero-order chi connectivity index (χ0) is 10.2. The highest BCUT2D eigenvalue weighted by molar-refractivity contribution is 5.27. The molecule has 0 atom stereocenters. The van der Waals surface area contributed by atoms with Gasteiger partial charge >= 0.3 is 0 Å². The van der Waals surface area contributed by atoms with Crippen LogP contribution in [0, 0.1) is 5.41 Å². The van der Waals surface area contributed by atoms with Crippen LogP contribution in [0.25, 0.3) is 0 Å². The van der Waals surface area contributed by atoms with Gasteiger partial charge < -0.3 is 10.3 Å². The summed E-state index contributed by atoms with van der Waals surface area (Å²) in [6, 6.07) is 0. The summed E-state index contributed by atoms with van der Waals surface area (Å²) in [6.45, 7) is 5.21. The third kappa shape index (κ3) is 1.69. The maximum Gasteiger partial charge on any atom is 0.141 e. The van der Waals surface area contributed by atoms with Gasteiger partial charge in [-0.15, -0.1) is 0 Å². The second kappa shape index (κ2) is 3.39. The Morgan fingerprint density at radius 3 is 3.00 bits per heavy atom. The summed E-state index contributed by atoms with van der Waals surface area (Å²) in [7, 11) is 0. The van der Waals surface area contributed by atoms with Crippen LogP contribution in [0.3, 0.4) is 0 Å². The van der Waals surface area contributed by atoms with E-state index < -0.39 is 0 Å². The highest BCUT2D eigenvalue weighted by Crippen LogP contribution is 2.35. The maximum absolute atomic E-state index is 5.52. The van der Waals surface area contributed by atoms with E-state index in [0.29, 0.717) is 12.0 Å². The number of fused-ring (bicyclic) bond motifs is 1. The monoisotopic (exact) mass is 194 g/mol. The first-order chi connectivity index (χ1) is 6.62. The lowest BCUT2D eigenvalue weighted by atomic mass is 9.76. The summed E-state index contributed by atoms with van der Waals surface area (Å²) in [6.07, 6.45) is 4.18. The van der Waals surface area contributed by atoms with Crippen molar-refractivity contribution in [2.45, 2.75) is 39.5 Å². The smallest absolute Gasteiger partial charge is 0.141 e. The molecule has 0 saturated heterocycles. The number of hydrogen-bond donors (Lipinski definition) is 1. The quantitative estimate of drug-likeness (QED) is 0.779. The maximum atomic E-state index is 5.52. The number of nitrogens with two attached hydrogens (primary N) is 1. The Morgan fingerprint density at radius 2 is 2.29 bits per heavy atom. The Morgan fingerprint density at radius 1 is 1.50 bits per heavy atom. The lowest BCUT2D eigenvalue weighted by Crippen LogP contribution is -2.22. The first-order valence-electron chi connectivity index (χ1n) is 5.29. The van der Waals surface area contributed by atoms with Gasteiger partial charge in [0.05, 0.1) is 5.69 Å². The Labute approximate surface area is 84.7 Å². The molecule has 1 aliphatic carbocycles. The average molecular weight is 194 g/mol. The fourth-order valence-electron chi connectivity index (χ4n) is 2.14. The van der Waals surface area contributed by atoms with E-state index in [0.717, 1.165) is 30.7 Å². The van der Waals surface area contributed by atoms with Gasteiger partial charge in [0, 0.05) is 12.0 Å². The van der Waals surface area contributed by atoms with E-state index >= 15 is 0 Å². The van der Waals surface area contributed by atoms with Gasteiger partial charge in [-0.3, -0.25) is 0 Å². The van der Waals surface area contributed by atoms with Crippen LogP contribution in [0.2, 0.25) is 0 Å². The standard InChI is InChI=1S/C11H18N2O/c1-11(2)5-3-8-9(7-11)13-14-10(8)4-6-12/h3-7,12H2,1-2H3. The number of rotatable bonds is 2. The second-order valence-electron chi connectivity index (χ2n) is 4.91. The molecule has 2 N–H and O–H groups in total.